The van der Waals surface area contributed by atoms with Gasteiger partial charge in [-0.25, -0.2) is 0 Å². The Balaban J connectivity index is 2.24. The van der Waals surface area contributed by atoms with Crippen molar-refractivity contribution >= 4 is 11.7 Å². The number of nitriles is 1. The number of nitrogens with one attached hydrogen (secondary N) is 1. The summed E-state index contributed by atoms with van der Waals surface area (Å²) in [5.41, 5.74) is 0.0603. The number of carbonyl (C=O) groups excluding carboxylic acids is 1. The molecule has 1 aromatic rings. The summed E-state index contributed by atoms with van der Waals surface area (Å²) < 4.78 is 0. The quantitative estimate of drug-likeness (QED) is 0.811. The topological polar surface area (TPSA) is 81.9 Å². The summed E-state index contributed by atoms with van der Waals surface area (Å²) in [6.45, 7) is 3.19. The van der Waals surface area contributed by atoms with Crippen LogP contribution in [0.1, 0.15) is 18.9 Å². The van der Waals surface area contributed by atoms with Crippen LogP contribution in [-0.4, -0.2) is 36.2 Å². The second kappa shape index (κ2) is 4.61. The van der Waals surface area contributed by atoms with Gasteiger partial charge in [-0.2, -0.15) is 10.4 Å². The number of hydrogen-bond donors (Lipinski definition) is 1. The molecule has 2 heterocycles. The summed E-state index contributed by atoms with van der Waals surface area (Å²) in [5, 5.41) is 19.5. The molecule has 1 aliphatic rings. The van der Waals surface area contributed by atoms with Gasteiger partial charge in [0, 0.05) is 20.1 Å². The van der Waals surface area contributed by atoms with E-state index in [0.29, 0.717) is 24.5 Å². The van der Waals surface area contributed by atoms with Gasteiger partial charge in [0.1, 0.15) is 6.07 Å². The first-order chi connectivity index (χ1) is 8.60. The highest BCUT2D eigenvalue weighted by molar-refractivity contribution is 5.83. The van der Waals surface area contributed by atoms with Gasteiger partial charge < -0.3 is 10.2 Å². The smallest absolute Gasteiger partial charge is 0.227 e. The number of rotatable bonds is 2. The first-order valence-corrected chi connectivity index (χ1v) is 5.79. The first kappa shape index (κ1) is 12.3. The Morgan fingerprint density at radius 2 is 2.44 bits per heavy atom. The lowest BCUT2D eigenvalue weighted by Crippen LogP contribution is -2.39. The summed E-state index contributed by atoms with van der Waals surface area (Å²) in [6.07, 6.45) is 2.24. The molecule has 1 fully saturated rings. The molecule has 1 aromatic heterocycles. The summed E-state index contributed by atoms with van der Waals surface area (Å²) in [6, 6.07) is 3.74. The maximum absolute atomic E-state index is 11.8. The lowest BCUT2D eigenvalue weighted by molar-refractivity contribution is -0.128. The van der Waals surface area contributed by atoms with Crippen molar-refractivity contribution in [2.24, 2.45) is 5.41 Å². The summed E-state index contributed by atoms with van der Waals surface area (Å²) in [4.78, 5) is 13.8. The molecule has 0 aromatic carbocycles. The van der Waals surface area contributed by atoms with Crippen molar-refractivity contribution in [1.82, 2.24) is 15.5 Å². The van der Waals surface area contributed by atoms with Gasteiger partial charge in [0.2, 0.25) is 5.91 Å². The van der Waals surface area contributed by atoms with Gasteiger partial charge in [-0.1, -0.05) is 0 Å². The molecule has 1 aliphatic heterocycles. The van der Waals surface area contributed by atoms with Crippen LogP contribution in [0.4, 0.5) is 5.82 Å². The van der Waals surface area contributed by atoms with Crippen molar-refractivity contribution in [3.63, 3.8) is 0 Å². The maximum atomic E-state index is 11.8. The number of carbonyl (C=O) groups is 1. The molecule has 0 saturated carbocycles. The number of hydrogen-bond acceptors (Lipinski definition) is 5. The van der Waals surface area contributed by atoms with Gasteiger partial charge in [0.25, 0.3) is 0 Å². The maximum Gasteiger partial charge on any atom is 0.227 e. The molecular weight excluding hydrogens is 230 g/mol. The second-order valence-electron chi connectivity index (χ2n) is 4.69. The standard InChI is InChI=1S/C12H15N5O/c1-12(11(18)14-2)4-6-17(8-12)10-9(7-13)3-5-15-16-10/h3,5H,4,6,8H2,1-2H3,(H,14,18). The van der Waals surface area contributed by atoms with E-state index in [1.54, 1.807) is 13.1 Å². The average Bonchev–Trinajstić information content (AvgIpc) is 2.81. The van der Waals surface area contributed by atoms with Crippen molar-refractivity contribution in [2.75, 3.05) is 25.0 Å². The van der Waals surface area contributed by atoms with Crippen molar-refractivity contribution in [3.8, 4) is 6.07 Å². The normalized spacial score (nSPS) is 22.6. The second-order valence-corrected chi connectivity index (χ2v) is 4.69. The van der Waals surface area contributed by atoms with Gasteiger partial charge in [-0.15, -0.1) is 5.10 Å². The van der Waals surface area contributed by atoms with Crippen molar-refractivity contribution in [1.29, 1.82) is 5.26 Å². The fourth-order valence-electron chi connectivity index (χ4n) is 2.27. The van der Waals surface area contributed by atoms with Gasteiger partial charge in [0.05, 0.1) is 17.2 Å². The molecule has 94 valence electrons. The van der Waals surface area contributed by atoms with Crippen LogP contribution in [0.25, 0.3) is 0 Å². The largest absolute Gasteiger partial charge is 0.359 e. The van der Waals surface area contributed by atoms with Crippen LogP contribution in [0.5, 0.6) is 0 Å². The molecule has 0 spiro atoms. The molecule has 1 saturated heterocycles. The Kier molecular flexibility index (Phi) is 3.15. The number of aromatic nitrogens is 2. The molecule has 1 N–H and O–H groups in total. The summed E-state index contributed by atoms with van der Waals surface area (Å²) in [5.74, 6) is 0.583. The number of nitrogens with zero attached hydrogens (tertiary/aromatic N) is 4. The molecule has 18 heavy (non-hydrogen) atoms. The Labute approximate surface area is 106 Å². The minimum atomic E-state index is -0.432. The van der Waals surface area contributed by atoms with Gasteiger partial charge >= 0.3 is 0 Å². The fourth-order valence-corrected chi connectivity index (χ4v) is 2.27. The zero-order valence-electron chi connectivity index (χ0n) is 10.5. The number of amides is 1. The van der Waals surface area contributed by atoms with Gasteiger partial charge in [-0.05, 0) is 19.4 Å². The molecule has 1 unspecified atom stereocenters. The molecule has 6 nitrogen and oxygen atoms in total. The van der Waals surface area contributed by atoms with Crippen LogP contribution in [0.2, 0.25) is 0 Å². The fraction of sp³-hybridized carbons (Fsp3) is 0.500. The van der Waals surface area contributed by atoms with E-state index in [2.05, 4.69) is 21.6 Å². The minimum Gasteiger partial charge on any atom is -0.359 e. The minimum absolute atomic E-state index is 0.0207. The molecular formula is C12H15N5O. The third kappa shape index (κ3) is 1.99. The van der Waals surface area contributed by atoms with Gasteiger partial charge in [0.15, 0.2) is 5.82 Å². The van der Waals surface area contributed by atoms with E-state index in [1.165, 1.54) is 6.20 Å². The molecule has 6 heteroatoms. The van der Waals surface area contributed by atoms with E-state index in [-0.39, 0.29) is 5.91 Å². The SMILES string of the molecule is CNC(=O)C1(C)CCN(c2nnccc2C#N)C1. The third-order valence-corrected chi connectivity index (χ3v) is 3.37. The van der Waals surface area contributed by atoms with Crippen LogP contribution in [0.3, 0.4) is 0 Å². The van der Waals surface area contributed by atoms with Crippen molar-refractivity contribution < 1.29 is 4.79 Å². The number of anilines is 1. The zero-order valence-corrected chi connectivity index (χ0v) is 10.5. The van der Waals surface area contributed by atoms with Crippen molar-refractivity contribution in [2.45, 2.75) is 13.3 Å². The van der Waals surface area contributed by atoms with Crippen molar-refractivity contribution in [3.05, 3.63) is 17.8 Å². The summed E-state index contributed by atoms with van der Waals surface area (Å²) >= 11 is 0. The predicted molar refractivity (Wildman–Crippen MR) is 65.8 cm³/mol. The van der Waals surface area contributed by atoms with E-state index in [1.807, 2.05) is 11.8 Å². The average molecular weight is 245 g/mol. The molecule has 0 aliphatic carbocycles. The summed E-state index contributed by atoms with van der Waals surface area (Å²) in [7, 11) is 1.64. The molecule has 0 radical (unpaired) electrons. The third-order valence-electron chi connectivity index (χ3n) is 3.37. The Hall–Kier alpha value is -2.16. The van der Waals surface area contributed by atoms with Crippen LogP contribution in [-0.2, 0) is 4.79 Å². The molecule has 0 bridgehead atoms. The lowest BCUT2D eigenvalue weighted by atomic mass is 9.89. The Morgan fingerprint density at radius 3 is 3.11 bits per heavy atom. The van der Waals surface area contributed by atoms with Crippen LogP contribution in [0.15, 0.2) is 12.3 Å². The molecule has 2 rings (SSSR count). The molecule has 1 atom stereocenters. The Morgan fingerprint density at radius 1 is 1.67 bits per heavy atom. The van der Waals surface area contributed by atoms with Crippen LogP contribution >= 0.6 is 0 Å². The van der Waals surface area contributed by atoms with E-state index in [0.717, 1.165) is 6.42 Å². The highest BCUT2D eigenvalue weighted by Gasteiger charge is 2.40. The zero-order chi connectivity index (χ0) is 13.2. The van der Waals surface area contributed by atoms with E-state index in [4.69, 9.17) is 5.26 Å². The van der Waals surface area contributed by atoms with Crippen LogP contribution in [0, 0.1) is 16.7 Å². The predicted octanol–water partition coefficient (Wildman–Crippen LogP) is 0.311. The highest BCUT2D eigenvalue weighted by atomic mass is 16.2. The first-order valence-electron chi connectivity index (χ1n) is 5.79. The van der Waals surface area contributed by atoms with E-state index in [9.17, 15) is 4.79 Å². The molecule has 1 amide bonds. The van der Waals surface area contributed by atoms with Gasteiger partial charge in [-0.3, -0.25) is 4.79 Å². The van der Waals surface area contributed by atoms with E-state index >= 15 is 0 Å². The lowest BCUT2D eigenvalue weighted by Gasteiger charge is -2.23. The Bertz CT molecular complexity index is 509. The van der Waals surface area contributed by atoms with Crippen LogP contribution < -0.4 is 10.2 Å². The van der Waals surface area contributed by atoms with E-state index < -0.39 is 5.41 Å². The monoisotopic (exact) mass is 245 g/mol. The highest BCUT2D eigenvalue weighted by Crippen LogP contribution is 2.33.